The molecule has 14 nitrogen and oxygen atoms in total. The average molecular weight is 983 g/mol. The van der Waals surface area contributed by atoms with Crippen molar-refractivity contribution in [2.24, 2.45) is 10.8 Å². The molecule has 14 heteroatoms. The largest absolute Gasteiger partial charge is 0.343 e. The lowest BCUT2D eigenvalue weighted by Gasteiger charge is -2.37. The predicted octanol–water partition coefficient (Wildman–Crippen LogP) is 5.98. The Balaban J connectivity index is 1.17. The van der Waals surface area contributed by atoms with Crippen LogP contribution in [0.1, 0.15) is 89.5 Å². The highest BCUT2D eigenvalue weighted by atomic mass is 16.2. The van der Waals surface area contributed by atoms with Crippen molar-refractivity contribution in [3.8, 4) is 11.1 Å². The predicted molar refractivity (Wildman–Crippen MR) is 283 cm³/mol. The van der Waals surface area contributed by atoms with Crippen LogP contribution in [-0.4, -0.2) is 133 Å². The van der Waals surface area contributed by atoms with Gasteiger partial charge < -0.3 is 40.9 Å². The summed E-state index contributed by atoms with van der Waals surface area (Å²) in [5.74, 6) is -1.22. The first-order chi connectivity index (χ1) is 34.4. The van der Waals surface area contributed by atoms with E-state index in [2.05, 4.69) is 69.8 Å². The number of rotatable bonds is 21. The van der Waals surface area contributed by atoms with E-state index in [0.29, 0.717) is 77.8 Å². The number of hydrogen-bond donors (Lipinski definition) is 4. The van der Waals surface area contributed by atoms with E-state index in [9.17, 15) is 28.8 Å². The maximum Gasteiger partial charge on any atom is 0.246 e. The van der Waals surface area contributed by atoms with Gasteiger partial charge in [0.05, 0.1) is 13.1 Å². The Morgan fingerprint density at radius 3 is 1.18 bits per heavy atom. The molecule has 2 aliphatic rings. The maximum atomic E-state index is 14.7. The lowest BCUT2D eigenvalue weighted by Crippen LogP contribution is -2.58. The summed E-state index contributed by atoms with van der Waals surface area (Å²) < 4.78 is 0. The summed E-state index contributed by atoms with van der Waals surface area (Å²) in [5, 5.41) is 11.6. The monoisotopic (exact) mass is 983 g/mol. The Kier molecular flexibility index (Phi) is 19.3. The van der Waals surface area contributed by atoms with E-state index < -0.39 is 35.0 Å². The fourth-order valence-corrected chi connectivity index (χ4v) is 9.77. The maximum absolute atomic E-state index is 14.7. The number of hydrogen-bond acceptors (Lipinski definition) is 8. The quantitative estimate of drug-likeness (QED) is 0.0794. The SMILES string of the molecule is CNCC(=O)N[C@H](C(=O)N1CCC[C@H]1C(=O)N(CCc1ccccc1)Cc1ccc(-c2ccc(CN(CCc3ccccc3)C(=O)[C@@H]3CCCN3C(=O)[C@@H](NC(=O)CNC)C(C)(C)C)cc2)cc1)C(C)(C)C. The highest BCUT2D eigenvalue weighted by molar-refractivity contribution is 5.94. The van der Waals surface area contributed by atoms with Crippen LogP contribution in [0, 0.1) is 10.8 Å². The smallest absolute Gasteiger partial charge is 0.246 e. The van der Waals surface area contributed by atoms with Gasteiger partial charge in [-0.05, 0) is 96.8 Å². The van der Waals surface area contributed by atoms with Gasteiger partial charge in [-0.2, -0.15) is 0 Å². The molecule has 4 aromatic carbocycles. The van der Waals surface area contributed by atoms with Gasteiger partial charge in [0.2, 0.25) is 35.4 Å². The molecule has 2 saturated heterocycles. The van der Waals surface area contributed by atoms with Gasteiger partial charge in [-0.25, -0.2) is 0 Å². The van der Waals surface area contributed by atoms with Crippen molar-refractivity contribution in [1.29, 1.82) is 0 Å². The van der Waals surface area contributed by atoms with Crippen LogP contribution in [0.15, 0.2) is 109 Å². The Hall–Kier alpha value is -6.38. The Morgan fingerprint density at radius 2 is 0.861 bits per heavy atom. The van der Waals surface area contributed by atoms with Gasteiger partial charge in [0.25, 0.3) is 0 Å². The molecule has 0 radical (unpaired) electrons. The lowest BCUT2D eigenvalue weighted by molar-refractivity contribution is -0.147. The van der Waals surface area contributed by atoms with Crippen LogP contribution in [0.5, 0.6) is 0 Å². The molecule has 4 N–H and O–H groups in total. The van der Waals surface area contributed by atoms with Gasteiger partial charge in [-0.1, -0.05) is 151 Å². The van der Waals surface area contributed by atoms with Crippen LogP contribution in [0.25, 0.3) is 11.1 Å². The highest BCUT2D eigenvalue weighted by Crippen LogP contribution is 2.30. The molecule has 6 amide bonds. The second-order valence-corrected chi connectivity index (χ2v) is 21.6. The number of benzene rings is 4. The van der Waals surface area contributed by atoms with Crippen LogP contribution in [0.4, 0.5) is 0 Å². The lowest BCUT2D eigenvalue weighted by atomic mass is 9.85. The fraction of sp³-hybridized carbons (Fsp3) is 0.483. The molecule has 72 heavy (non-hydrogen) atoms. The molecule has 0 aliphatic carbocycles. The third-order valence-electron chi connectivity index (χ3n) is 13.8. The topological polar surface area (TPSA) is 164 Å². The van der Waals surface area contributed by atoms with Crippen molar-refractivity contribution in [2.75, 3.05) is 53.4 Å². The molecular weight excluding hydrogens is 905 g/mol. The molecule has 0 unspecified atom stereocenters. The van der Waals surface area contributed by atoms with E-state index in [1.54, 1.807) is 23.9 Å². The zero-order valence-electron chi connectivity index (χ0n) is 43.8. The zero-order chi connectivity index (χ0) is 52.0. The minimum Gasteiger partial charge on any atom is -0.343 e. The normalized spacial score (nSPS) is 16.7. The molecule has 4 aromatic rings. The molecule has 0 aromatic heterocycles. The Bertz CT molecular complexity index is 2260. The molecule has 386 valence electrons. The van der Waals surface area contributed by atoms with E-state index in [1.165, 1.54) is 0 Å². The number of likely N-dealkylation sites (N-methyl/N-ethyl adjacent to an activating group) is 2. The molecule has 0 saturated carbocycles. The molecule has 4 atom stereocenters. The van der Waals surface area contributed by atoms with Crippen molar-refractivity contribution in [3.05, 3.63) is 131 Å². The second kappa shape index (κ2) is 25.3. The summed E-state index contributed by atoms with van der Waals surface area (Å²) in [6.45, 7) is 14.3. The number of carbonyl (C=O) groups excluding carboxylic acids is 6. The molecule has 6 rings (SSSR count). The van der Waals surface area contributed by atoms with Crippen LogP contribution in [-0.2, 0) is 54.7 Å². The third-order valence-corrected chi connectivity index (χ3v) is 13.8. The van der Waals surface area contributed by atoms with Crippen molar-refractivity contribution >= 4 is 35.4 Å². The first-order valence-corrected chi connectivity index (χ1v) is 25.7. The molecule has 2 aliphatic heterocycles. The van der Waals surface area contributed by atoms with Crippen LogP contribution in [0.3, 0.4) is 0 Å². The summed E-state index contributed by atoms with van der Waals surface area (Å²) in [4.78, 5) is 90.3. The summed E-state index contributed by atoms with van der Waals surface area (Å²) in [5.41, 5.74) is 5.01. The molecule has 0 bridgehead atoms. The van der Waals surface area contributed by atoms with Gasteiger partial charge >= 0.3 is 0 Å². The van der Waals surface area contributed by atoms with E-state index in [-0.39, 0.29) is 48.5 Å². The van der Waals surface area contributed by atoms with E-state index in [4.69, 9.17) is 0 Å². The number of nitrogens with one attached hydrogen (secondary N) is 4. The van der Waals surface area contributed by atoms with E-state index in [1.807, 2.05) is 112 Å². The first kappa shape index (κ1) is 54.9. The summed E-state index contributed by atoms with van der Waals surface area (Å²) in [7, 11) is 3.37. The summed E-state index contributed by atoms with van der Waals surface area (Å²) in [6.07, 6.45) is 3.81. The average Bonchev–Trinajstić information content (AvgIpc) is 4.07. The van der Waals surface area contributed by atoms with Gasteiger partial charge in [0, 0.05) is 39.3 Å². The van der Waals surface area contributed by atoms with E-state index in [0.717, 1.165) is 33.4 Å². The standard InChI is InChI=1S/C58H78N8O6/c1-57(2,3)51(61-49(67)37-59-7)55(71)65-33-15-21-47(65)53(69)63(35-31-41-17-11-9-12-18-41)39-43-23-27-45(28-24-43)46-29-25-44(26-30-46)40-64(36-32-42-19-13-10-14-20-42)54(70)48-22-16-34-66(48)56(72)52(58(4,5)6)62-50(68)38-60-8/h9-14,17-20,23-30,47-48,51-52,59-60H,15-16,21-22,31-40H2,1-8H3,(H,61,67)(H,62,68)/t47-,48-,51+,52+/m0/s1. The minimum atomic E-state index is -0.787. The van der Waals surface area contributed by atoms with Crippen molar-refractivity contribution in [1.82, 2.24) is 40.9 Å². The van der Waals surface area contributed by atoms with Gasteiger partial charge in [-0.15, -0.1) is 0 Å². The number of amides is 6. The van der Waals surface area contributed by atoms with Crippen molar-refractivity contribution in [2.45, 2.75) is 117 Å². The van der Waals surface area contributed by atoms with E-state index >= 15 is 0 Å². The Labute approximate surface area is 427 Å². The van der Waals surface area contributed by atoms with Gasteiger partial charge in [-0.3, -0.25) is 28.8 Å². The van der Waals surface area contributed by atoms with Crippen LogP contribution in [0.2, 0.25) is 0 Å². The fourth-order valence-electron chi connectivity index (χ4n) is 9.77. The molecule has 2 fully saturated rings. The number of carbonyl (C=O) groups is 6. The molecular formula is C58H78N8O6. The van der Waals surface area contributed by atoms with Crippen molar-refractivity contribution < 1.29 is 28.8 Å². The summed E-state index contributed by atoms with van der Waals surface area (Å²) in [6, 6.07) is 33.7. The highest BCUT2D eigenvalue weighted by Gasteiger charge is 2.44. The van der Waals surface area contributed by atoms with Crippen molar-refractivity contribution in [3.63, 3.8) is 0 Å². The first-order valence-electron chi connectivity index (χ1n) is 25.7. The number of nitrogens with zero attached hydrogens (tertiary/aromatic N) is 4. The zero-order valence-corrected chi connectivity index (χ0v) is 43.8. The molecule has 2 heterocycles. The van der Waals surface area contributed by atoms with Gasteiger partial charge in [0.1, 0.15) is 24.2 Å². The summed E-state index contributed by atoms with van der Waals surface area (Å²) >= 11 is 0. The van der Waals surface area contributed by atoms with Crippen LogP contribution < -0.4 is 21.3 Å². The van der Waals surface area contributed by atoms with Gasteiger partial charge in [0.15, 0.2) is 0 Å². The molecule has 0 spiro atoms. The minimum absolute atomic E-state index is 0.0856. The third kappa shape index (κ3) is 14.8. The second-order valence-electron chi connectivity index (χ2n) is 21.6. The Morgan fingerprint density at radius 1 is 0.514 bits per heavy atom. The van der Waals surface area contributed by atoms with Crippen LogP contribution >= 0.6 is 0 Å². The number of likely N-dealkylation sites (tertiary alicyclic amines) is 2.